The van der Waals surface area contributed by atoms with Gasteiger partial charge in [-0.2, -0.15) is 0 Å². The van der Waals surface area contributed by atoms with Gasteiger partial charge in [0.25, 0.3) is 0 Å². The lowest BCUT2D eigenvalue weighted by molar-refractivity contribution is -0.117. The van der Waals surface area contributed by atoms with Gasteiger partial charge < -0.3 is 20.5 Å². The molecule has 1 atom stereocenters. The Hall–Kier alpha value is -1.59. The first-order valence-corrected chi connectivity index (χ1v) is 6.06. The number of anilines is 1. The van der Waals surface area contributed by atoms with Crippen LogP contribution in [0.4, 0.5) is 5.69 Å². The van der Waals surface area contributed by atoms with E-state index >= 15 is 0 Å². The van der Waals surface area contributed by atoms with Gasteiger partial charge in [-0.3, -0.25) is 4.79 Å². The van der Waals surface area contributed by atoms with Crippen LogP contribution in [0.15, 0.2) is 24.3 Å². The number of aliphatic hydroxyl groups is 1. The van der Waals surface area contributed by atoms with Crippen LogP contribution in [0.3, 0.4) is 0 Å². The van der Waals surface area contributed by atoms with Gasteiger partial charge in [0.1, 0.15) is 5.75 Å². The molecule has 3 N–H and O–H groups in total. The van der Waals surface area contributed by atoms with E-state index in [4.69, 9.17) is 9.84 Å². The minimum atomic E-state index is -0.369. The molecule has 0 saturated carbocycles. The number of amides is 1. The largest absolute Gasteiger partial charge is 0.492 e. The normalized spacial score (nSPS) is 11.9. The van der Waals surface area contributed by atoms with Crippen molar-refractivity contribution in [1.29, 1.82) is 0 Å². The molecule has 5 heteroatoms. The van der Waals surface area contributed by atoms with E-state index in [1.807, 2.05) is 25.1 Å². The van der Waals surface area contributed by atoms with Crippen molar-refractivity contribution in [3.63, 3.8) is 0 Å². The van der Waals surface area contributed by atoms with E-state index in [1.54, 1.807) is 13.0 Å². The Balaban J connectivity index is 2.63. The molecule has 0 aliphatic rings. The molecule has 0 aliphatic carbocycles. The van der Waals surface area contributed by atoms with E-state index in [0.29, 0.717) is 24.6 Å². The highest BCUT2D eigenvalue weighted by atomic mass is 16.5. The molecule has 5 nitrogen and oxygen atoms in total. The van der Waals surface area contributed by atoms with E-state index in [2.05, 4.69) is 10.6 Å². The highest BCUT2D eigenvalue weighted by molar-refractivity contribution is 5.95. The molecule has 1 rings (SSSR count). The first-order chi connectivity index (χ1) is 8.69. The maximum atomic E-state index is 11.9. The Morgan fingerprint density at radius 3 is 2.83 bits per heavy atom. The van der Waals surface area contributed by atoms with Crippen LogP contribution in [0.5, 0.6) is 5.75 Å². The second kappa shape index (κ2) is 7.68. The number of carbonyl (C=O) groups excluding carboxylic acids is 1. The Morgan fingerprint density at radius 2 is 2.17 bits per heavy atom. The number of ether oxygens (including phenoxy) is 1. The molecule has 100 valence electrons. The van der Waals surface area contributed by atoms with Crippen molar-refractivity contribution < 1.29 is 14.6 Å². The minimum Gasteiger partial charge on any atom is -0.492 e. The van der Waals surface area contributed by atoms with Gasteiger partial charge in [-0.1, -0.05) is 12.1 Å². The predicted molar refractivity (Wildman–Crippen MR) is 70.8 cm³/mol. The van der Waals surface area contributed by atoms with Gasteiger partial charge in [0.05, 0.1) is 24.9 Å². The monoisotopic (exact) mass is 252 g/mol. The fraction of sp³-hybridized carbons (Fsp3) is 0.462. The summed E-state index contributed by atoms with van der Waals surface area (Å²) in [7, 11) is 0. The van der Waals surface area contributed by atoms with Crippen LogP contribution >= 0.6 is 0 Å². The summed E-state index contributed by atoms with van der Waals surface area (Å²) >= 11 is 0. The molecule has 0 bridgehead atoms. The van der Waals surface area contributed by atoms with E-state index in [-0.39, 0.29) is 18.6 Å². The van der Waals surface area contributed by atoms with E-state index in [0.717, 1.165) is 0 Å². The fourth-order valence-corrected chi connectivity index (χ4v) is 1.47. The number of rotatable bonds is 7. The summed E-state index contributed by atoms with van der Waals surface area (Å²) in [6, 6.07) is 6.93. The van der Waals surface area contributed by atoms with Crippen LogP contribution < -0.4 is 15.4 Å². The maximum Gasteiger partial charge on any atom is 0.241 e. The van der Waals surface area contributed by atoms with Gasteiger partial charge in [-0.15, -0.1) is 0 Å². The number of aliphatic hydroxyl groups excluding tert-OH is 1. The molecule has 1 aromatic rings. The van der Waals surface area contributed by atoms with Gasteiger partial charge in [0, 0.05) is 6.54 Å². The molecule has 18 heavy (non-hydrogen) atoms. The number of benzene rings is 1. The molecule has 0 spiro atoms. The second-order valence-corrected chi connectivity index (χ2v) is 3.82. The zero-order chi connectivity index (χ0) is 13.4. The summed E-state index contributed by atoms with van der Waals surface area (Å²) in [4.78, 5) is 11.9. The quantitative estimate of drug-likeness (QED) is 0.677. The van der Waals surface area contributed by atoms with Gasteiger partial charge in [0.2, 0.25) is 5.91 Å². The van der Waals surface area contributed by atoms with Crippen molar-refractivity contribution in [2.75, 3.05) is 25.1 Å². The lowest BCUT2D eigenvalue weighted by atomic mass is 10.2. The topological polar surface area (TPSA) is 70.6 Å². The average molecular weight is 252 g/mol. The lowest BCUT2D eigenvalue weighted by Gasteiger charge is -2.15. The van der Waals surface area contributed by atoms with Crippen LogP contribution in [-0.4, -0.2) is 36.8 Å². The van der Waals surface area contributed by atoms with E-state index < -0.39 is 0 Å². The first-order valence-electron chi connectivity index (χ1n) is 6.06. The van der Waals surface area contributed by atoms with Crippen molar-refractivity contribution in [2.45, 2.75) is 19.9 Å². The van der Waals surface area contributed by atoms with Crippen molar-refractivity contribution in [1.82, 2.24) is 5.32 Å². The Labute approximate surface area is 107 Å². The minimum absolute atomic E-state index is 0.00710. The fourth-order valence-electron chi connectivity index (χ4n) is 1.47. The number of para-hydroxylation sites is 2. The smallest absolute Gasteiger partial charge is 0.241 e. The van der Waals surface area contributed by atoms with Gasteiger partial charge in [0.15, 0.2) is 0 Å². The third-order valence-corrected chi connectivity index (χ3v) is 2.40. The number of carbonyl (C=O) groups is 1. The van der Waals surface area contributed by atoms with Crippen LogP contribution in [0.2, 0.25) is 0 Å². The molecule has 1 aromatic carbocycles. The summed E-state index contributed by atoms with van der Waals surface area (Å²) in [6.07, 6.45) is 0. The SMILES string of the molecule is CCOc1ccccc1NC(=O)C(C)NCCO. The molecule has 1 amide bonds. The van der Waals surface area contributed by atoms with Crippen molar-refractivity contribution in [2.24, 2.45) is 0 Å². The molecule has 0 saturated heterocycles. The molecule has 0 radical (unpaired) electrons. The van der Waals surface area contributed by atoms with E-state index in [1.165, 1.54) is 0 Å². The molecule has 0 fully saturated rings. The summed E-state index contributed by atoms with van der Waals surface area (Å²) in [6.45, 7) is 4.58. The molecular weight excluding hydrogens is 232 g/mol. The van der Waals surface area contributed by atoms with E-state index in [9.17, 15) is 4.79 Å². The highest BCUT2D eigenvalue weighted by Crippen LogP contribution is 2.23. The summed E-state index contributed by atoms with van der Waals surface area (Å²) in [5.41, 5.74) is 0.655. The number of hydrogen-bond donors (Lipinski definition) is 3. The molecule has 1 unspecified atom stereocenters. The Morgan fingerprint density at radius 1 is 1.44 bits per heavy atom. The van der Waals surface area contributed by atoms with Gasteiger partial charge in [-0.25, -0.2) is 0 Å². The predicted octanol–water partition coefficient (Wildman–Crippen LogP) is 0.994. The number of hydrogen-bond acceptors (Lipinski definition) is 4. The third-order valence-electron chi connectivity index (χ3n) is 2.40. The van der Waals surface area contributed by atoms with Crippen LogP contribution in [0.1, 0.15) is 13.8 Å². The lowest BCUT2D eigenvalue weighted by Crippen LogP contribution is -2.39. The van der Waals surface area contributed by atoms with Crippen molar-refractivity contribution in [3.8, 4) is 5.75 Å². The Kier molecular flexibility index (Phi) is 6.18. The maximum absolute atomic E-state index is 11.9. The molecule has 0 aliphatic heterocycles. The first kappa shape index (κ1) is 14.5. The molecule has 0 heterocycles. The third kappa shape index (κ3) is 4.35. The van der Waals surface area contributed by atoms with Crippen molar-refractivity contribution >= 4 is 11.6 Å². The summed E-state index contributed by atoms with van der Waals surface area (Å²) in [5, 5.41) is 14.4. The number of nitrogens with one attached hydrogen (secondary N) is 2. The summed E-state index contributed by atoms with van der Waals surface area (Å²) in [5.74, 6) is 0.498. The summed E-state index contributed by atoms with van der Waals surface area (Å²) < 4.78 is 5.42. The van der Waals surface area contributed by atoms with Crippen LogP contribution in [0, 0.1) is 0 Å². The average Bonchev–Trinajstić information content (AvgIpc) is 2.38. The standard InChI is InChI=1S/C13H20N2O3/c1-3-18-12-7-5-4-6-11(12)15-13(17)10(2)14-8-9-16/h4-7,10,14,16H,3,8-9H2,1-2H3,(H,15,17). The van der Waals surface area contributed by atoms with Crippen molar-refractivity contribution in [3.05, 3.63) is 24.3 Å². The molecule has 0 aromatic heterocycles. The van der Waals surface area contributed by atoms with Crippen LogP contribution in [-0.2, 0) is 4.79 Å². The molecular formula is C13H20N2O3. The zero-order valence-electron chi connectivity index (χ0n) is 10.8. The van der Waals surface area contributed by atoms with Gasteiger partial charge >= 0.3 is 0 Å². The Bertz CT molecular complexity index is 382. The zero-order valence-corrected chi connectivity index (χ0v) is 10.8. The second-order valence-electron chi connectivity index (χ2n) is 3.82. The van der Waals surface area contributed by atoms with Crippen LogP contribution in [0.25, 0.3) is 0 Å². The van der Waals surface area contributed by atoms with Gasteiger partial charge in [-0.05, 0) is 26.0 Å². The highest BCUT2D eigenvalue weighted by Gasteiger charge is 2.13.